The number of carbonyl (C=O) groups excluding carboxylic acids is 3. The molecule has 1 N–H and O–H groups in total. The molecule has 140 valence electrons. The molecule has 1 aromatic heterocycles. The molecule has 2 fully saturated rings. The number of nitrogens with zero attached hydrogens (tertiary/aromatic N) is 2. The van der Waals surface area contributed by atoms with Crippen molar-refractivity contribution in [2.75, 3.05) is 31.5 Å². The average Bonchev–Trinajstić information content (AvgIpc) is 3.34. The van der Waals surface area contributed by atoms with E-state index in [1.807, 2.05) is 18.2 Å². The van der Waals surface area contributed by atoms with Gasteiger partial charge in [-0.25, -0.2) is 0 Å². The lowest BCUT2D eigenvalue weighted by molar-refractivity contribution is -0.143. The predicted octanol–water partition coefficient (Wildman–Crippen LogP) is 1.98. The number of hydrogen-bond acceptors (Lipinski definition) is 4. The van der Waals surface area contributed by atoms with Crippen molar-refractivity contribution in [1.29, 1.82) is 0 Å². The molecule has 1 saturated heterocycles. The molecule has 3 amide bonds. The molecular formula is C20H21N3O4. The summed E-state index contributed by atoms with van der Waals surface area (Å²) in [6, 6.07) is 12.5. The van der Waals surface area contributed by atoms with Crippen LogP contribution in [0.5, 0.6) is 0 Å². The third-order valence-electron chi connectivity index (χ3n) is 5.21. The fourth-order valence-corrected chi connectivity index (χ4v) is 3.41. The minimum Gasteiger partial charge on any atom is -0.459 e. The van der Waals surface area contributed by atoms with E-state index < -0.39 is 5.41 Å². The van der Waals surface area contributed by atoms with E-state index in [0.717, 1.165) is 0 Å². The van der Waals surface area contributed by atoms with Crippen LogP contribution in [0.15, 0.2) is 53.1 Å². The van der Waals surface area contributed by atoms with Gasteiger partial charge in [-0.1, -0.05) is 18.2 Å². The van der Waals surface area contributed by atoms with Crippen molar-refractivity contribution in [3.8, 4) is 0 Å². The smallest absolute Gasteiger partial charge is 0.289 e. The third-order valence-corrected chi connectivity index (χ3v) is 5.21. The number of anilines is 1. The molecule has 0 spiro atoms. The quantitative estimate of drug-likeness (QED) is 0.838. The van der Waals surface area contributed by atoms with Gasteiger partial charge < -0.3 is 19.5 Å². The van der Waals surface area contributed by atoms with Gasteiger partial charge >= 0.3 is 0 Å². The van der Waals surface area contributed by atoms with E-state index in [1.165, 1.54) is 6.26 Å². The topological polar surface area (TPSA) is 82.9 Å². The molecule has 1 saturated carbocycles. The summed E-state index contributed by atoms with van der Waals surface area (Å²) >= 11 is 0. The zero-order chi connectivity index (χ0) is 18.9. The van der Waals surface area contributed by atoms with Crippen molar-refractivity contribution in [2.24, 2.45) is 5.41 Å². The number of amides is 3. The van der Waals surface area contributed by atoms with Crippen LogP contribution in [0.25, 0.3) is 0 Å². The van der Waals surface area contributed by atoms with Gasteiger partial charge in [0.1, 0.15) is 5.41 Å². The number of hydrogen-bond donors (Lipinski definition) is 1. The Morgan fingerprint density at radius 3 is 2.15 bits per heavy atom. The number of nitrogens with one attached hydrogen (secondary N) is 1. The van der Waals surface area contributed by atoms with E-state index in [-0.39, 0.29) is 17.7 Å². The second-order valence-electron chi connectivity index (χ2n) is 6.96. The molecule has 2 aromatic rings. The van der Waals surface area contributed by atoms with Crippen LogP contribution in [0, 0.1) is 5.41 Å². The molecule has 0 unspecified atom stereocenters. The molecule has 1 aliphatic heterocycles. The van der Waals surface area contributed by atoms with E-state index in [9.17, 15) is 14.4 Å². The Morgan fingerprint density at radius 2 is 1.56 bits per heavy atom. The molecule has 1 aromatic carbocycles. The maximum atomic E-state index is 13.0. The Balaban J connectivity index is 1.36. The van der Waals surface area contributed by atoms with Gasteiger partial charge in [-0.2, -0.15) is 0 Å². The average molecular weight is 367 g/mol. The summed E-state index contributed by atoms with van der Waals surface area (Å²) < 4.78 is 5.15. The van der Waals surface area contributed by atoms with Crippen molar-refractivity contribution >= 4 is 23.4 Å². The number of benzene rings is 1. The van der Waals surface area contributed by atoms with E-state index in [4.69, 9.17) is 4.42 Å². The van der Waals surface area contributed by atoms with Gasteiger partial charge in [0.05, 0.1) is 6.26 Å². The van der Waals surface area contributed by atoms with Gasteiger partial charge in [-0.05, 0) is 37.1 Å². The Labute approximate surface area is 156 Å². The summed E-state index contributed by atoms with van der Waals surface area (Å²) in [5, 5.41) is 2.85. The lowest BCUT2D eigenvalue weighted by atomic mass is 10.0. The molecule has 0 bridgehead atoms. The highest BCUT2D eigenvalue weighted by molar-refractivity contribution is 6.13. The molecule has 0 radical (unpaired) electrons. The molecule has 0 atom stereocenters. The normalized spacial score (nSPS) is 18.1. The molecule has 4 rings (SSSR count). The van der Waals surface area contributed by atoms with Gasteiger partial charge in [0.2, 0.25) is 11.8 Å². The SMILES string of the molecule is O=C(c1ccco1)N1CCN(C(=O)C2(C(=O)Nc3ccccc3)CC2)CC1. The van der Waals surface area contributed by atoms with Gasteiger partial charge in [0, 0.05) is 31.9 Å². The summed E-state index contributed by atoms with van der Waals surface area (Å²) in [5.74, 6) is -0.250. The first-order chi connectivity index (χ1) is 13.1. The van der Waals surface area contributed by atoms with Crippen molar-refractivity contribution < 1.29 is 18.8 Å². The van der Waals surface area contributed by atoms with Crippen molar-refractivity contribution in [1.82, 2.24) is 9.80 Å². The highest BCUT2D eigenvalue weighted by atomic mass is 16.3. The standard InChI is InChI=1S/C20H21N3O4/c24-17(16-7-4-14-27-16)22-10-12-23(13-11-22)19(26)20(8-9-20)18(25)21-15-5-2-1-3-6-15/h1-7,14H,8-13H2,(H,21,25). The van der Waals surface area contributed by atoms with E-state index in [1.54, 1.807) is 34.1 Å². The Kier molecular flexibility index (Phi) is 4.43. The van der Waals surface area contributed by atoms with Crippen LogP contribution in [0.3, 0.4) is 0 Å². The summed E-state index contributed by atoms with van der Waals surface area (Å²) in [6.07, 6.45) is 2.60. The summed E-state index contributed by atoms with van der Waals surface area (Å²) in [4.78, 5) is 41.3. The minimum absolute atomic E-state index is 0.138. The van der Waals surface area contributed by atoms with Crippen LogP contribution >= 0.6 is 0 Å². The minimum atomic E-state index is -0.955. The Hall–Kier alpha value is -3.09. The van der Waals surface area contributed by atoms with Crippen molar-refractivity contribution in [2.45, 2.75) is 12.8 Å². The monoisotopic (exact) mass is 367 g/mol. The van der Waals surface area contributed by atoms with Crippen LogP contribution in [0.4, 0.5) is 5.69 Å². The van der Waals surface area contributed by atoms with E-state index in [0.29, 0.717) is 50.5 Å². The first kappa shape index (κ1) is 17.3. The van der Waals surface area contributed by atoms with Gasteiger partial charge in [0.15, 0.2) is 5.76 Å². The van der Waals surface area contributed by atoms with Gasteiger partial charge in [-0.15, -0.1) is 0 Å². The molecule has 7 nitrogen and oxygen atoms in total. The molecule has 7 heteroatoms. The second-order valence-corrected chi connectivity index (χ2v) is 6.96. The zero-order valence-corrected chi connectivity index (χ0v) is 14.9. The molecule has 2 aliphatic rings. The van der Waals surface area contributed by atoms with Crippen LogP contribution in [0.1, 0.15) is 23.4 Å². The predicted molar refractivity (Wildman–Crippen MR) is 97.9 cm³/mol. The highest BCUT2D eigenvalue weighted by Crippen LogP contribution is 2.48. The highest BCUT2D eigenvalue weighted by Gasteiger charge is 2.58. The van der Waals surface area contributed by atoms with E-state index >= 15 is 0 Å². The van der Waals surface area contributed by atoms with Crippen LogP contribution in [-0.4, -0.2) is 53.7 Å². The Morgan fingerprint density at radius 1 is 0.889 bits per heavy atom. The molecule has 2 heterocycles. The number of para-hydroxylation sites is 1. The first-order valence-corrected chi connectivity index (χ1v) is 9.09. The first-order valence-electron chi connectivity index (χ1n) is 9.09. The maximum absolute atomic E-state index is 13.0. The molecule has 27 heavy (non-hydrogen) atoms. The summed E-state index contributed by atoms with van der Waals surface area (Å²) in [5.41, 5.74) is -0.265. The number of furan rings is 1. The summed E-state index contributed by atoms with van der Waals surface area (Å²) in [7, 11) is 0. The van der Waals surface area contributed by atoms with Crippen LogP contribution in [-0.2, 0) is 9.59 Å². The van der Waals surface area contributed by atoms with Crippen LogP contribution in [0.2, 0.25) is 0 Å². The molecule has 1 aliphatic carbocycles. The van der Waals surface area contributed by atoms with Crippen LogP contribution < -0.4 is 5.32 Å². The number of piperazine rings is 1. The third kappa shape index (κ3) is 3.32. The van der Waals surface area contributed by atoms with Gasteiger partial charge in [0.25, 0.3) is 5.91 Å². The van der Waals surface area contributed by atoms with Crippen molar-refractivity contribution in [3.05, 3.63) is 54.5 Å². The summed E-state index contributed by atoms with van der Waals surface area (Å²) in [6.45, 7) is 1.71. The second kappa shape index (κ2) is 6.90. The van der Waals surface area contributed by atoms with Gasteiger partial charge in [-0.3, -0.25) is 14.4 Å². The largest absolute Gasteiger partial charge is 0.459 e. The lowest BCUT2D eigenvalue weighted by Gasteiger charge is -2.36. The van der Waals surface area contributed by atoms with E-state index in [2.05, 4.69) is 5.32 Å². The Bertz CT molecular complexity index is 835. The van der Waals surface area contributed by atoms with Crippen molar-refractivity contribution in [3.63, 3.8) is 0 Å². The maximum Gasteiger partial charge on any atom is 0.289 e. The lowest BCUT2D eigenvalue weighted by Crippen LogP contribution is -2.53. The zero-order valence-electron chi connectivity index (χ0n) is 14.9. The number of carbonyl (C=O) groups is 3. The fraction of sp³-hybridized carbons (Fsp3) is 0.350. The number of rotatable bonds is 4. The molecular weight excluding hydrogens is 346 g/mol. The fourth-order valence-electron chi connectivity index (χ4n) is 3.41.